The monoisotopic (exact) mass is 217 g/mol. The Labute approximate surface area is 84.2 Å². The molecule has 1 saturated carbocycles. The standard InChI is InChI=1S/C9H15NO3S/c1-7(11)10-5-9(6-10)3-8(4-9)14(2,12)13/h8H,3-6H2,1-2H3. The summed E-state index contributed by atoms with van der Waals surface area (Å²) in [7, 11) is -2.85. The minimum absolute atomic E-state index is 0.0958. The van der Waals surface area contributed by atoms with Crippen molar-refractivity contribution >= 4 is 15.7 Å². The van der Waals surface area contributed by atoms with E-state index in [1.807, 2.05) is 0 Å². The van der Waals surface area contributed by atoms with Gasteiger partial charge in [-0.25, -0.2) is 8.42 Å². The lowest BCUT2D eigenvalue weighted by Gasteiger charge is -2.58. The largest absolute Gasteiger partial charge is 0.342 e. The molecule has 0 atom stereocenters. The van der Waals surface area contributed by atoms with E-state index in [9.17, 15) is 13.2 Å². The van der Waals surface area contributed by atoms with E-state index in [1.54, 1.807) is 11.8 Å². The molecule has 1 saturated heterocycles. The van der Waals surface area contributed by atoms with Crippen molar-refractivity contribution in [2.75, 3.05) is 19.3 Å². The molecule has 14 heavy (non-hydrogen) atoms. The van der Waals surface area contributed by atoms with E-state index < -0.39 is 9.84 Å². The van der Waals surface area contributed by atoms with Crippen molar-refractivity contribution in [1.29, 1.82) is 0 Å². The number of hydrogen-bond donors (Lipinski definition) is 0. The zero-order valence-corrected chi connectivity index (χ0v) is 9.30. The lowest BCUT2D eigenvalue weighted by molar-refractivity contribution is -0.146. The number of amides is 1. The Kier molecular flexibility index (Phi) is 1.93. The normalized spacial score (nSPS) is 25.7. The second kappa shape index (κ2) is 2.72. The van der Waals surface area contributed by atoms with Crippen LogP contribution in [0.3, 0.4) is 0 Å². The van der Waals surface area contributed by atoms with E-state index in [0.29, 0.717) is 0 Å². The first kappa shape index (κ1) is 9.96. The molecule has 0 radical (unpaired) electrons. The van der Waals surface area contributed by atoms with E-state index in [0.717, 1.165) is 25.9 Å². The highest BCUT2D eigenvalue weighted by Crippen LogP contribution is 2.50. The minimum atomic E-state index is -2.85. The summed E-state index contributed by atoms with van der Waals surface area (Å²) in [6.07, 6.45) is 2.79. The van der Waals surface area contributed by atoms with Gasteiger partial charge >= 0.3 is 0 Å². The maximum atomic E-state index is 11.2. The van der Waals surface area contributed by atoms with Gasteiger partial charge in [0.05, 0.1) is 5.25 Å². The van der Waals surface area contributed by atoms with E-state index in [4.69, 9.17) is 0 Å². The fraction of sp³-hybridized carbons (Fsp3) is 0.889. The second-order valence-corrected chi connectivity index (χ2v) is 7.06. The van der Waals surface area contributed by atoms with E-state index in [1.165, 1.54) is 6.26 Å². The Morgan fingerprint density at radius 2 is 1.86 bits per heavy atom. The average molecular weight is 217 g/mol. The van der Waals surface area contributed by atoms with Crippen LogP contribution in [-0.2, 0) is 14.6 Å². The van der Waals surface area contributed by atoms with Gasteiger partial charge in [0.1, 0.15) is 9.84 Å². The van der Waals surface area contributed by atoms with E-state index >= 15 is 0 Å². The molecule has 1 amide bonds. The fourth-order valence-corrected chi connectivity index (χ4v) is 3.77. The summed E-state index contributed by atoms with van der Waals surface area (Å²) in [6, 6.07) is 0. The first-order chi connectivity index (χ1) is 6.32. The van der Waals surface area contributed by atoms with Crippen LogP contribution in [0.2, 0.25) is 0 Å². The van der Waals surface area contributed by atoms with Crippen LogP contribution in [0, 0.1) is 5.41 Å². The summed E-state index contributed by atoms with van der Waals surface area (Å²) in [5.41, 5.74) is 0.152. The zero-order valence-electron chi connectivity index (χ0n) is 8.49. The van der Waals surface area contributed by atoms with Gasteiger partial charge in [0.25, 0.3) is 0 Å². The van der Waals surface area contributed by atoms with Crippen molar-refractivity contribution in [3.05, 3.63) is 0 Å². The summed E-state index contributed by atoms with van der Waals surface area (Å²) >= 11 is 0. The van der Waals surface area contributed by atoms with Crippen molar-refractivity contribution in [2.24, 2.45) is 5.41 Å². The molecular formula is C9H15NO3S. The molecule has 0 aromatic carbocycles. The van der Waals surface area contributed by atoms with Crippen LogP contribution in [0.15, 0.2) is 0 Å². The number of nitrogens with zero attached hydrogens (tertiary/aromatic N) is 1. The van der Waals surface area contributed by atoms with Crippen molar-refractivity contribution in [2.45, 2.75) is 25.0 Å². The van der Waals surface area contributed by atoms with Crippen LogP contribution in [0.5, 0.6) is 0 Å². The average Bonchev–Trinajstić information content (AvgIpc) is 1.74. The second-order valence-electron chi connectivity index (χ2n) is 4.73. The summed E-state index contributed by atoms with van der Waals surface area (Å²) < 4.78 is 22.4. The molecule has 2 rings (SSSR count). The van der Waals surface area contributed by atoms with Crippen LogP contribution >= 0.6 is 0 Å². The molecule has 5 heteroatoms. The lowest BCUT2D eigenvalue weighted by Crippen LogP contribution is -2.65. The Balaban J connectivity index is 1.88. The highest BCUT2D eigenvalue weighted by atomic mass is 32.2. The molecule has 0 N–H and O–H groups in total. The van der Waals surface area contributed by atoms with Crippen molar-refractivity contribution in [3.63, 3.8) is 0 Å². The topological polar surface area (TPSA) is 54.5 Å². The van der Waals surface area contributed by atoms with Gasteiger partial charge in [0, 0.05) is 31.7 Å². The molecule has 0 aromatic rings. The van der Waals surface area contributed by atoms with Gasteiger partial charge in [-0.3, -0.25) is 4.79 Å². The van der Waals surface area contributed by atoms with Gasteiger partial charge in [-0.1, -0.05) is 0 Å². The van der Waals surface area contributed by atoms with Crippen LogP contribution < -0.4 is 0 Å². The molecule has 4 nitrogen and oxygen atoms in total. The third-order valence-corrected chi connectivity index (χ3v) is 4.97. The molecule has 0 aromatic heterocycles. The molecule has 2 fully saturated rings. The molecule has 1 spiro atoms. The molecule has 1 aliphatic heterocycles. The number of likely N-dealkylation sites (tertiary alicyclic amines) is 1. The number of hydrogen-bond acceptors (Lipinski definition) is 3. The molecule has 0 bridgehead atoms. The number of sulfone groups is 1. The third kappa shape index (κ3) is 1.43. The quantitative estimate of drug-likeness (QED) is 0.623. The van der Waals surface area contributed by atoms with Crippen LogP contribution in [0.1, 0.15) is 19.8 Å². The van der Waals surface area contributed by atoms with Crippen LogP contribution in [0.25, 0.3) is 0 Å². The van der Waals surface area contributed by atoms with Crippen LogP contribution in [-0.4, -0.2) is 43.8 Å². The summed E-state index contributed by atoms with van der Waals surface area (Å²) in [6.45, 7) is 3.07. The SMILES string of the molecule is CC(=O)N1CC2(CC(S(C)(=O)=O)C2)C1. The maximum Gasteiger partial charge on any atom is 0.219 e. The van der Waals surface area contributed by atoms with Gasteiger partial charge in [0.2, 0.25) is 5.91 Å². The molecule has 1 heterocycles. The Hall–Kier alpha value is -0.580. The van der Waals surface area contributed by atoms with Crippen molar-refractivity contribution in [3.8, 4) is 0 Å². The maximum absolute atomic E-state index is 11.2. The van der Waals surface area contributed by atoms with Gasteiger partial charge in [0.15, 0.2) is 0 Å². The summed E-state index contributed by atoms with van der Waals surface area (Å²) in [5.74, 6) is 0.0958. The number of rotatable bonds is 1. The Bertz CT molecular complexity index is 360. The molecule has 1 aliphatic carbocycles. The molecule has 2 aliphatic rings. The lowest BCUT2D eigenvalue weighted by atomic mass is 9.63. The zero-order chi connectivity index (χ0) is 10.6. The van der Waals surface area contributed by atoms with Crippen LogP contribution in [0.4, 0.5) is 0 Å². The van der Waals surface area contributed by atoms with Crippen molar-refractivity contribution < 1.29 is 13.2 Å². The predicted molar refractivity (Wildman–Crippen MR) is 52.6 cm³/mol. The Morgan fingerprint density at radius 1 is 1.36 bits per heavy atom. The Morgan fingerprint density at radius 3 is 2.21 bits per heavy atom. The van der Waals surface area contributed by atoms with Gasteiger partial charge in [-0.15, -0.1) is 0 Å². The molecular weight excluding hydrogens is 202 g/mol. The smallest absolute Gasteiger partial charge is 0.219 e. The minimum Gasteiger partial charge on any atom is -0.342 e. The van der Waals surface area contributed by atoms with Gasteiger partial charge in [-0.05, 0) is 12.8 Å². The molecule has 80 valence electrons. The number of carbonyl (C=O) groups excluding carboxylic acids is 1. The van der Waals surface area contributed by atoms with E-state index in [2.05, 4.69) is 0 Å². The first-order valence-corrected chi connectivity index (χ1v) is 6.72. The summed E-state index contributed by atoms with van der Waals surface area (Å²) in [4.78, 5) is 12.7. The first-order valence-electron chi connectivity index (χ1n) is 4.77. The predicted octanol–water partition coefficient (Wildman–Crippen LogP) is 0.0419. The van der Waals surface area contributed by atoms with Gasteiger partial charge < -0.3 is 4.90 Å². The van der Waals surface area contributed by atoms with Gasteiger partial charge in [-0.2, -0.15) is 0 Å². The molecule has 0 unspecified atom stereocenters. The fourth-order valence-electron chi connectivity index (χ4n) is 2.45. The number of carbonyl (C=O) groups is 1. The highest BCUT2D eigenvalue weighted by Gasteiger charge is 2.55. The third-order valence-electron chi connectivity index (χ3n) is 3.42. The highest BCUT2D eigenvalue weighted by molar-refractivity contribution is 7.91. The van der Waals surface area contributed by atoms with Crippen molar-refractivity contribution in [1.82, 2.24) is 4.90 Å². The van der Waals surface area contributed by atoms with E-state index in [-0.39, 0.29) is 16.6 Å². The summed E-state index contributed by atoms with van der Waals surface area (Å²) in [5, 5.41) is -0.156.